The molecular weight excluding hydrogens is 240 g/mol. The van der Waals surface area contributed by atoms with Crippen molar-refractivity contribution in [3.8, 4) is 10.8 Å². The summed E-state index contributed by atoms with van der Waals surface area (Å²) < 4.78 is 10.8. The first-order valence-corrected chi connectivity index (χ1v) is 6.23. The van der Waals surface area contributed by atoms with E-state index in [1.807, 2.05) is 6.92 Å². The first kappa shape index (κ1) is 10.8. The number of ether oxygens (including phenoxy) is 1. The SMILES string of the molecule is Cc1ncc(-c2nc(C3CNCCO3)no2)s1. The molecule has 90 valence electrons. The molecule has 0 aromatic carbocycles. The first-order valence-electron chi connectivity index (χ1n) is 5.41. The molecule has 1 saturated heterocycles. The monoisotopic (exact) mass is 252 g/mol. The van der Waals surface area contributed by atoms with Gasteiger partial charge in [0.2, 0.25) is 5.82 Å². The van der Waals surface area contributed by atoms with Gasteiger partial charge in [0.05, 0.1) is 17.8 Å². The summed E-state index contributed by atoms with van der Waals surface area (Å²) in [6.45, 7) is 4.21. The summed E-state index contributed by atoms with van der Waals surface area (Å²) in [5.41, 5.74) is 0. The Morgan fingerprint density at radius 1 is 1.53 bits per heavy atom. The molecule has 0 saturated carbocycles. The van der Waals surface area contributed by atoms with Crippen LogP contribution in [0.3, 0.4) is 0 Å². The van der Waals surface area contributed by atoms with Crippen LogP contribution < -0.4 is 5.32 Å². The minimum absolute atomic E-state index is 0.115. The Morgan fingerprint density at radius 2 is 2.47 bits per heavy atom. The van der Waals surface area contributed by atoms with Crippen LogP contribution in [0.2, 0.25) is 0 Å². The van der Waals surface area contributed by atoms with Crippen LogP contribution in [0, 0.1) is 6.92 Å². The van der Waals surface area contributed by atoms with Crippen molar-refractivity contribution in [1.82, 2.24) is 20.4 Å². The van der Waals surface area contributed by atoms with E-state index < -0.39 is 0 Å². The van der Waals surface area contributed by atoms with Crippen LogP contribution in [0.25, 0.3) is 10.8 Å². The lowest BCUT2D eigenvalue weighted by Crippen LogP contribution is -2.33. The van der Waals surface area contributed by atoms with Gasteiger partial charge in [0.15, 0.2) is 0 Å². The molecule has 0 bridgehead atoms. The number of thiazole rings is 1. The van der Waals surface area contributed by atoms with E-state index in [-0.39, 0.29) is 6.10 Å². The van der Waals surface area contributed by atoms with Crippen molar-refractivity contribution in [2.45, 2.75) is 13.0 Å². The standard InChI is InChI=1S/C10H12N4O2S/c1-6-12-5-8(17-6)10-13-9(14-16-10)7-4-11-2-3-15-7/h5,7,11H,2-4H2,1H3. The van der Waals surface area contributed by atoms with E-state index >= 15 is 0 Å². The summed E-state index contributed by atoms with van der Waals surface area (Å²) in [6.07, 6.45) is 1.63. The highest BCUT2D eigenvalue weighted by Gasteiger charge is 2.22. The topological polar surface area (TPSA) is 73.1 Å². The Hall–Kier alpha value is -1.31. The van der Waals surface area contributed by atoms with E-state index in [0.29, 0.717) is 18.3 Å². The second-order valence-electron chi connectivity index (χ2n) is 3.76. The zero-order valence-corrected chi connectivity index (χ0v) is 10.2. The Bertz CT molecular complexity index is 504. The predicted molar refractivity (Wildman–Crippen MR) is 61.7 cm³/mol. The Balaban J connectivity index is 1.82. The second-order valence-corrected chi connectivity index (χ2v) is 5.00. The summed E-state index contributed by atoms with van der Waals surface area (Å²) in [7, 11) is 0. The zero-order valence-electron chi connectivity index (χ0n) is 9.34. The van der Waals surface area contributed by atoms with Crippen LogP contribution in [0.4, 0.5) is 0 Å². The maximum atomic E-state index is 5.56. The third kappa shape index (κ3) is 2.21. The van der Waals surface area contributed by atoms with Crippen molar-refractivity contribution in [1.29, 1.82) is 0 Å². The van der Waals surface area contributed by atoms with Crippen molar-refractivity contribution < 1.29 is 9.26 Å². The smallest absolute Gasteiger partial charge is 0.269 e. The summed E-state index contributed by atoms with van der Waals surface area (Å²) in [4.78, 5) is 9.40. The number of morpholine rings is 1. The van der Waals surface area contributed by atoms with Gasteiger partial charge in [-0.25, -0.2) is 4.98 Å². The van der Waals surface area contributed by atoms with E-state index in [1.54, 1.807) is 6.20 Å². The first-order chi connectivity index (χ1) is 8.33. The molecule has 1 aliphatic heterocycles. The highest BCUT2D eigenvalue weighted by Crippen LogP contribution is 2.25. The number of nitrogens with zero attached hydrogens (tertiary/aromatic N) is 3. The lowest BCUT2D eigenvalue weighted by atomic mass is 10.3. The van der Waals surface area contributed by atoms with Crippen LogP contribution in [-0.4, -0.2) is 34.8 Å². The van der Waals surface area contributed by atoms with Gasteiger partial charge in [-0.1, -0.05) is 5.16 Å². The maximum Gasteiger partial charge on any atom is 0.269 e. The minimum Gasteiger partial charge on any atom is -0.367 e. The highest BCUT2D eigenvalue weighted by atomic mass is 32.1. The molecular formula is C10H12N4O2S. The number of nitrogens with one attached hydrogen (secondary N) is 1. The number of hydrogen-bond acceptors (Lipinski definition) is 7. The zero-order chi connectivity index (χ0) is 11.7. The molecule has 17 heavy (non-hydrogen) atoms. The molecule has 7 heteroatoms. The van der Waals surface area contributed by atoms with Crippen LogP contribution in [0.1, 0.15) is 16.9 Å². The van der Waals surface area contributed by atoms with Gasteiger partial charge in [-0.3, -0.25) is 0 Å². The molecule has 2 aromatic heterocycles. The molecule has 3 rings (SSSR count). The number of aromatic nitrogens is 3. The third-order valence-corrected chi connectivity index (χ3v) is 3.39. The van der Waals surface area contributed by atoms with E-state index in [4.69, 9.17) is 9.26 Å². The van der Waals surface area contributed by atoms with Crippen molar-refractivity contribution in [2.75, 3.05) is 19.7 Å². The Morgan fingerprint density at radius 3 is 3.18 bits per heavy atom. The van der Waals surface area contributed by atoms with Gasteiger partial charge in [0, 0.05) is 13.1 Å². The molecule has 6 nitrogen and oxygen atoms in total. The van der Waals surface area contributed by atoms with Crippen molar-refractivity contribution >= 4 is 11.3 Å². The maximum absolute atomic E-state index is 5.56. The quantitative estimate of drug-likeness (QED) is 0.864. The van der Waals surface area contributed by atoms with Crippen LogP contribution in [-0.2, 0) is 4.74 Å². The molecule has 2 aromatic rings. The molecule has 1 aliphatic rings. The molecule has 1 unspecified atom stereocenters. The van der Waals surface area contributed by atoms with Gasteiger partial charge in [0.25, 0.3) is 5.89 Å². The molecule has 1 N–H and O–H groups in total. The lowest BCUT2D eigenvalue weighted by Gasteiger charge is -2.20. The summed E-state index contributed by atoms with van der Waals surface area (Å²) in [5, 5.41) is 8.17. The average Bonchev–Trinajstić information content (AvgIpc) is 2.98. The lowest BCUT2D eigenvalue weighted by molar-refractivity contribution is 0.0208. The molecule has 1 atom stereocenters. The molecule has 3 heterocycles. The fourth-order valence-electron chi connectivity index (χ4n) is 1.66. The Labute approximate surface area is 102 Å². The number of rotatable bonds is 2. The van der Waals surface area contributed by atoms with E-state index in [1.165, 1.54) is 11.3 Å². The number of hydrogen-bond donors (Lipinski definition) is 1. The fraction of sp³-hybridized carbons (Fsp3) is 0.500. The summed E-state index contributed by atoms with van der Waals surface area (Å²) >= 11 is 1.54. The third-order valence-electron chi connectivity index (χ3n) is 2.49. The van der Waals surface area contributed by atoms with Gasteiger partial charge in [-0.05, 0) is 6.92 Å². The molecule has 0 radical (unpaired) electrons. The van der Waals surface area contributed by atoms with E-state index in [0.717, 1.165) is 23.0 Å². The molecule has 0 amide bonds. The summed E-state index contributed by atoms with van der Waals surface area (Å²) in [5.74, 6) is 1.11. The molecule has 1 fully saturated rings. The van der Waals surface area contributed by atoms with Crippen LogP contribution >= 0.6 is 11.3 Å². The average molecular weight is 252 g/mol. The Kier molecular flexibility index (Phi) is 2.87. The largest absolute Gasteiger partial charge is 0.367 e. The van der Waals surface area contributed by atoms with Gasteiger partial charge in [0.1, 0.15) is 11.0 Å². The van der Waals surface area contributed by atoms with Gasteiger partial charge < -0.3 is 14.6 Å². The van der Waals surface area contributed by atoms with Crippen LogP contribution in [0.5, 0.6) is 0 Å². The predicted octanol–water partition coefficient (Wildman–Crippen LogP) is 1.16. The molecule has 0 spiro atoms. The van der Waals surface area contributed by atoms with E-state index in [9.17, 15) is 0 Å². The summed E-state index contributed by atoms with van der Waals surface area (Å²) in [6, 6.07) is 0. The second kappa shape index (κ2) is 4.52. The number of aryl methyl sites for hydroxylation is 1. The van der Waals surface area contributed by atoms with Crippen molar-refractivity contribution in [3.05, 3.63) is 17.0 Å². The van der Waals surface area contributed by atoms with Gasteiger partial charge >= 0.3 is 0 Å². The van der Waals surface area contributed by atoms with Crippen molar-refractivity contribution in [2.24, 2.45) is 0 Å². The molecule has 0 aliphatic carbocycles. The van der Waals surface area contributed by atoms with Crippen LogP contribution in [0.15, 0.2) is 10.7 Å². The van der Waals surface area contributed by atoms with E-state index in [2.05, 4.69) is 20.4 Å². The van der Waals surface area contributed by atoms with Gasteiger partial charge in [-0.2, -0.15) is 4.98 Å². The highest BCUT2D eigenvalue weighted by molar-refractivity contribution is 7.14. The van der Waals surface area contributed by atoms with Gasteiger partial charge in [-0.15, -0.1) is 11.3 Å². The normalized spacial score (nSPS) is 20.6. The minimum atomic E-state index is -0.115. The fourth-order valence-corrected chi connectivity index (χ4v) is 2.36. The van der Waals surface area contributed by atoms with Crippen molar-refractivity contribution in [3.63, 3.8) is 0 Å².